The third-order valence-electron chi connectivity index (χ3n) is 4.89. The molecule has 0 aromatic heterocycles. The van der Waals surface area contributed by atoms with Crippen LogP contribution in [0.5, 0.6) is 5.75 Å². The van der Waals surface area contributed by atoms with Crippen LogP contribution in [0, 0.1) is 6.92 Å². The summed E-state index contributed by atoms with van der Waals surface area (Å²) in [6, 6.07) is 16.3. The van der Waals surface area contributed by atoms with Crippen molar-refractivity contribution < 1.29 is 14.7 Å². The first-order chi connectivity index (χ1) is 11.7. The van der Waals surface area contributed by atoms with Crippen molar-refractivity contribution in [1.82, 2.24) is 0 Å². The van der Waals surface area contributed by atoms with Crippen LogP contribution in [0.3, 0.4) is 0 Å². The first kappa shape index (κ1) is 16.8. The van der Waals surface area contributed by atoms with Gasteiger partial charge in [-0.3, -0.25) is 0 Å². The minimum Gasteiger partial charge on any atom is -0.497 e. The van der Waals surface area contributed by atoms with Gasteiger partial charge in [0.1, 0.15) is 18.4 Å². The molecule has 1 fully saturated rings. The van der Waals surface area contributed by atoms with Gasteiger partial charge >= 0.3 is 0 Å². The van der Waals surface area contributed by atoms with E-state index in [2.05, 4.69) is 36.1 Å². The van der Waals surface area contributed by atoms with E-state index >= 15 is 0 Å². The lowest BCUT2D eigenvalue weighted by Crippen LogP contribution is -3.15. The number of aliphatic hydroxyl groups excluding tert-OH is 1. The van der Waals surface area contributed by atoms with Crippen molar-refractivity contribution in [2.24, 2.45) is 0 Å². The molecule has 2 N–H and O–H groups in total. The zero-order valence-electron chi connectivity index (χ0n) is 14.5. The lowest BCUT2D eigenvalue weighted by atomic mass is 10.1. The molecule has 2 aromatic rings. The van der Waals surface area contributed by atoms with Gasteiger partial charge in [0.15, 0.2) is 0 Å². The van der Waals surface area contributed by atoms with Crippen molar-refractivity contribution in [1.29, 1.82) is 0 Å². The number of ether oxygens (including phenoxy) is 1. The number of hydrogen-bond donors (Lipinski definition) is 2. The van der Waals surface area contributed by atoms with E-state index in [0.29, 0.717) is 0 Å². The zero-order valence-corrected chi connectivity index (χ0v) is 14.5. The molecule has 1 aliphatic rings. The molecular formula is C20H27N2O2+. The number of piperazine rings is 1. The van der Waals surface area contributed by atoms with Crippen LogP contribution in [0.1, 0.15) is 17.2 Å². The van der Waals surface area contributed by atoms with Gasteiger partial charge in [-0.2, -0.15) is 0 Å². The summed E-state index contributed by atoms with van der Waals surface area (Å²) in [5.74, 6) is 0.797. The highest BCUT2D eigenvalue weighted by molar-refractivity contribution is 5.53. The molecule has 0 saturated carbocycles. The fraction of sp³-hybridized carbons (Fsp3) is 0.400. The third-order valence-corrected chi connectivity index (χ3v) is 4.89. The lowest BCUT2D eigenvalue weighted by Gasteiger charge is -2.35. The summed E-state index contributed by atoms with van der Waals surface area (Å²) in [5.41, 5.74) is 3.60. The quantitative estimate of drug-likeness (QED) is 0.873. The SMILES string of the molecule is COc1cccc([C@@H](O)C[NH+]2CCN(c3ccccc3C)CC2)c1. The standard InChI is InChI=1S/C20H26N2O2/c1-16-6-3-4-9-19(16)22-12-10-21(11-13-22)15-20(23)17-7-5-8-18(14-17)24-2/h3-9,14,20,23H,10-13,15H2,1-2H3/p+1/t20-/m0/s1. The highest BCUT2D eigenvalue weighted by atomic mass is 16.5. The first-order valence-electron chi connectivity index (χ1n) is 8.63. The second kappa shape index (κ2) is 7.69. The maximum Gasteiger partial charge on any atom is 0.128 e. The molecule has 1 heterocycles. The minimum absolute atomic E-state index is 0.444. The fourth-order valence-corrected chi connectivity index (χ4v) is 3.43. The number of methoxy groups -OCH3 is 1. The van der Waals surface area contributed by atoms with Gasteiger partial charge in [-0.15, -0.1) is 0 Å². The number of nitrogens with one attached hydrogen (secondary N) is 1. The van der Waals surface area contributed by atoms with E-state index in [1.165, 1.54) is 16.2 Å². The van der Waals surface area contributed by atoms with Gasteiger partial charge in [0.2, 0.25) is 0 Å². The number of para-hydroxylation sites is 1. The van der Waals surface area contributed by atoms with E-state index in [0.717, 1.165) is 44.0 Å². The van der Waals surface area contributed by atoms with Crippen molar-refractivity contribution in [3.05, 3.63) is 59.7 Å². The first-order valence-corrected chi connectivity index (χ1v) is 8.63. The predicted octanol–water partition coefficient (Wildman–Crippen LogP) is 1.44. The van der Waals surface area contributed by atoms with Gasteiger partial charge in [-0.05, 0) is 36.2 Å². The Bertz CT molecular complexity index is 666. The zero-order chi connectivity index (χ0) is 16.9. The van der Waals surface area contributed by atoms with Crippen LogP contribution in [0.25, 0.3) is 0 Å². The Morgan fingerprint density at radius 3 is 2.58 bits per heavy atom. The number of nitrogens with zero attached hydrogens (tertiary/aromatic N) is 1. The topological polar surface area (TPSA) is 37.1 Å². The molecule has 0 aliphatic carbocycles. The maximum absolute atomic E-state index is 10.5. The Morgan fingerprint density at radius 2 is 1.88 bits per heavy atom. The van der Waals surface area contributed by atoms with Crippen molar-refractivity contribution in [2.45, 2.75) is 13.0 Å². The summed E-state index contributed by atoms with van der Waals surface area (Å²) in [7, 11) is 1.65. The second-order valence-electron chi connectivity index (χ2n) is 6.52. The largest absolute Gasteiger partial charge is 0.497 e. The average Bonchev–Trinajstić information content (AvgIpc) is 2.63. The van der Waals surface area contributed by atoms with Crippen LogP contribution >= 0.6 is 0 Å². The number of anilines is 1. The molecule has 1 aliphatic heterocycles. The second-order valence-corrected chi connectivity index (χ2v) is 6.52. The number of benzene rings is 2. The van der Waals surface area contributed by atoms with Gasteiger partial charge in [-0.25, -0.2) is 0 Å². The average molecular weight is 327 g/mol. The van der Waals surface area contributed by atoms with Gasteiger partial charge in [-0.1, -0.05) is 30.3 Å². The molecule has 0 spiro atoms. The molecular weight excluding hydrogens is 300 g/mol. The minimum atomic E-state index is -0.444. The van der Waals surface area contributed by atoms with E-state index in [9.17, 15) is 5.11 Å². The molecule has 24 heavy (non-hydrogen) atoms. The fourth-order valence-electron chi connectivity index (χ4n) is 3.43. The summed E-state index contributed by atoms with van der Waals surface area (Å²) >= 11 is 0. The van der Waals surface area contributed by atoms with Crippen LogP contribution in [0.15, 0.2) is 48.5 Å². The number of rotatable bonds is 5. The molecule has 128 valence electrons. The molecule has 4 nitrogen and oxygen atoms in total. The van der Waals surface area contributed by atoms with E-state index in [4.69, 9.17) is 4.74 Å². The molecule has 3 rings (SSSR count). The number of hydrogen-bond acceptors (Lipinski definition) is 3. The molecule has 0 radical (unpaired) electrons. The van der Waals surface area contributed by atoms with E-state index < -0.39 is 6.10 Å². The Kier molecular flexibility index (Phi) is 5.38. The molecule has 2 aromatic carbocycles. The summed E-state index contributed by atoms with van der Waals surface area (Å²) in [5, 5.41) is 10.5. The van der Waals surface area contributed by atoms with Crippen molar-refractivity contribution in [2.75, 3.05) is 44.7 Å². The highest BCUT2D eigenvalue weighted by Crippen LogP contribution is 2.20. The van der Waals surface area contributed by atoms with E-state index in [1.54, 1.807) is 7.11 Å². The lowest BCUT2D eigenvalue weighted by molar-refractivity contribution is -0.904. The number of aliphatic hydroxyl groups is 1. The highest BCUT2D eigenvalue weighted by Gasteiger charge is 2.23. The van der Waals surface area contributed by atoms with Crippen LogP contribution < -0.4 is 14.5 Å². The van der Waals surface area contributed by atoms with Crippen LogP contribution in [-0.4, -0.2) is 44.9 Å². The van der Waals surface area contributed by atoms with Gasteiger partial charge in [0.05, 0.1) is 33.3 Å². The van der Waals surface area contributed by atoms with Gasteiger partial charge < -0.3 is 19.6 Å². The predicted molar refractivity (Wildman–Crippen MR) is 96.9 cm³/mol. The summed E-state index contributed by atoms with van der Waals surface area (Å²) in [6.45, 7) is 7.08. The number of quaternary nitrogens is 1. The molecule has 1 atom stereocenters. The summed E-state index contributed by atoms with van der Waals surface area (Å²) < 4.78 is 5.24. The monoisotopic (exact) mass is 327 g/mol. The molecule has 0 unspecified atom stereocenters. The Labute approximate surface area is 144 Å². The summed E-state index contributed by atoms with van der Waals surface area (Å²) in [4.78, 5) is 3.91. The molecule has 0 bridgehead atoms. The smallest absolute Gasteiger partial charge is 0.128 e. The van der Waals surface area contributed by atoms with Crippen molar-refractivity contribution in [3.63, 3.8) is 0 Å². The Morgan fingerprint density at radius 1 is 1.12 bits per heavy atom. The van der Waals surface area contributed by atoms with E-state index in [1.807, 2.05) is 24.3 Å². The molecule has 1 saturated heterocycles. The van der Waals surface area contributed by atoms with Gasteiger partial charge in [0.25, 0.3) is 0 Å². The molecule has 4 heteroatoms. The molecule has 0 amide bonds. The van der Waals surface area contributed by atoms with Crippen molar-refractivity contribution in [3.8, 4) is 5.75 Å². The normalized spacial score (nSPS) is 16.9. The van der Waals surface area contributed by atoms with Crippen LogP contribution in [-0.2, 0) is 0 Å². The van der Waals surface area contributed by atoms with Crippen LogP contribution in [0.2, 0.25) is 0 Å². The van der Waals surface area contributed by atoms with Gasteiger partial charge in [0, 0.05) is 5.69 Å². The third kappa shape index (κ3) is 3.89. The summed E-state index contributed by atoms with van der Waals surface area (Å²) in [6.07, 6.45) is -0.444. The van der Waals surface area contributed by atoms with E-state index in [-0.39, 0.29) is 0 Å². The Hall–Kier alpha value is -2.04. The van der Waals surface area contributed by atoms with Crippen LogP contribution in [0.4, 0.5) is 5.69 Å². The maximum atomic E-state index is 10.5. The number of aryl methyl sites for hydroxylation is 1. The Balaban J connectivity index is 1.56. The van der Waals surface area contributed by atoms with Crippen molar-refractivity contribution >= 4 is 5.69 Å².